The minimum atomic E-state index is -1.10. The molecule has 0 aliphatic carbocycles. The Morgan fingerprint density at radius 1 is 1.23 bits per heavy atom. The minimum Gasteiger partial charge on any atom is -0.478 e. The first-order valence-corrected chi connectivity index (χ1v) is 10.6. The Balaban J connectivity index is 2.17. The first kappa shape index (κ1) is 22.8. The molecule has 3 rings (SSSR count). The maximum absolute atomic E-state index is 11.5. The molecule has 166 valence electrons. The van der Waals surface area contributed by atoms with E-state index in [4.69, 9.17) is 22.3 Å². The van der Waals surface area contributed by atoms with Crippen molar-refractivity contribution in [2.75, 3.05) is 17.2 Å². The van der Waals surface area contributed by atoms with E-state index in [0.717, 1.165) is 11.4 Å². The van der Waals surface area contributed by atoms with Crippen molar-refractivity contribution in [3.05, 3.63) is 34.5 Å². The number of aromatic nitrogens is 4. The lowest BCUT2D eigenvalue weighted by Gasteiger charge is -2.25. The Bertz CT molecular complexity index is 1060. The van der Waals surface area contributed by atoms with Gasteiger partial charge in [0, 0.05) is 24.3 Å². The average molecular weight is 446 g/mol. The van der Waals surface area contributed by atoms with Gasteiger partial charge in [-0.2, -0.15) is 10.1 Å². The molecule has 0 fully saturated rings. The van der Waals surface area contributed by atoms with E-state index in [1.807, 2.05) is 6.92 Å². The predicted octanol–water partition coefficient (Wildman–Crippen LogP) is 4.34. The number of fused-ring (bicyclic) bond motifs is 1. The van der Waals surface area contributed by atoms with Gasteiger partial charge in [0.25, 0.3) is 0 Å². The monoisotopic (exact) mass is 445 g/mol. The number of carboxylic acids is 1. The van der Waals surface area contributed by atoms with Gasteiger partial charge in [0.15, 0.2) is 11.5 Å². The fourth-order valence-electron chi connectivity index (χ4n) is 3.29. The predicted molar refractivity (Wildman–Crippen MR) is 123 cm³/mol. The van der Waals surface area contributed by atoms with Gasteiger partial charge in [0.1, 0.15) is 0 Å². The van der Waals surface area contributed by atoms with E-state index < -0.39 is 5.97 Å². The number of halogens is 1. The highest BCUT2D eigenvalue weighted by Gasteiger charge is 2.28. The summed E-state index contributed by atoms with van der Waals surface area (Å²) in [6.45, 7) is 10.7. The molecule has 10 heteroatoms. The molecule has 1 aromatic carbocycles. The van der Waals surface area contributed by atoms with Crippen molar-refractivity contribution in [2.24, 2.45) is 5.73 Å². The van der Waals surface area contributed by atoms with Crippen LogP contribution in [-0.2, 0) is 0 Å². The molecule has 1 aromatic rings. The number of nitrogens with zero attached hydrogens (tertiary/aromatic N) is 4. The molecule has 0 saturated carbocycles. The first-order chi connectivity index (χ1) is 14.6. The van der Waals surface area contributed by atoms with Crippen molar-refractivity contribution in [3.8, 4) is 11.4 Å². The lowest BCUT2D eigenvalue weighted by molar-refractivity contribution is 0.0697. The molecule has 0 aromatic heterocycles. The zero-order chi connectivity index (χ0) is 22.9. The van der Waals surface area contributed by atoms with Gasteiger partial charge in [-0.05, 0) is 44.9 Å². The fourth-order valence-corrected chi connectivity index (χ4v) is 3.49. The number of anilines is 3. The Hall–Kier alpha value is -2.91. The number of carbonyl (C=O) groups is 1. The molecule has 0 radical (unpaired) electrons. The highest BCUT2D eigenvalue weighted by molar-refractivity contribution is 6.33. The minimum absolute atomic E-state index is 0.00264. The molecular formula is C21H28ClN7O2. The van der Waals surface area contributed by atoms with E-state index in [0.29, 0.717) is 29.7 Å². The smallest absolute Gasteiger partial charge is 0.337 e. The number of nitrogens with one attached hydrogen (secondary N) is 2. The average Bonchev–Trinajstić information content (AvgIpc) is 3.12. The highest BCUT2D eigenvalue weighted by atomic mass is 35.5. The molecule has 0 amide bonds. The summed E-state index contributed by atoms with van der Waals surface area (Å²) >= 11 is 6.01. The summed E-state index contributed by atoms with van der Waals surface area (Å²) in [6, 6.07) is 4.73. The SMILES string of the molecule is CC(N)CNc1nc(Nc2ccc(Cl)c(C(=O)O)c2)c2nnc(C(C)C)c-2n1C(C)C. The van der Waals surface area contributed by atoms with Gasteiger partial charge < -0.3 is 26.0 Å². The lowest BCUT2D eigenvalue weighted by atomic mass is 10.1. The van der Waals surface area contributed by atoms with Crippen LogP contribution in [-0.4, -0.2) is 43.4 Å². The molecule has 1 unspecified atom stereocenters. The quantitative estimate of drug-likeness (QED) is 0.402. The van der Waals surface area contributed by atoms with Crippen LogP contribution in [0.2, 0.25) is 5.02 Å². The van der Waals surface area contributed by atoms with Gasteiger partial charge in [-0.15, -0.1) is 5.10 Å². The number of benzene rings is 1. The standard InChI is InChI=1S/C21H28ClN7O2/c1-10(2)16-18-17(28-27-16)19(25-13-6-7-15(22)14(8-13)20(30)31)26-21(24-9-12(5)23)29(18)11(3)4/h6-8,10-12,25H,9,23H2,1-5H3,(H,24,26)(H,30,31). The van der Waals surface area contributed by atoms with Crippen LogP contribution in [0.25, 0.3) is 11.4 Å². The van der Waals surface area contributed by atoms with Crippen LogP contribution in [0.15, 0.2) is 18.2 Å². The van der Waals surface area contributed by atoms with Crippen LogP contribution in [0.1, 0.15) is 62.6 Å². The van der Waals surface area contributed by atoms with Crippen molar-refractivity contribution in [2.45, 2.75) is 52.6 Å². The first-order valence-electron chi connectivity index (χ1n) is 10.2. The lowest BCUT2D eigenvalue weighted by Crippen LogP contribution is -2.28. The third-order valence-corrected chi connectivity index (χ3v) is 5.07. The van der Waals surface area contributed by atoms with Gasteiger partial charge in [-0.25, -0.2) is 4.79 Å². The summed E-state index contributed by atoms with van der Waals surface area (Å²) in [4.78, 5) is 16.2. The molecule has 0 saturated heterocycles. The van der Waals surface area contributed by atoms with Gasteiger partial charge >= 0.3 is 5.97 Å². The number of nitrogens with two attached hydrogens (primary N) is 1. The zero-order valence-electron chi connectivity index (χ0n) is 18.3. The molecule has 2 aliphatic heterocycles. The molecule has 0 bridgehead atoms. The summed E-state index contributed by atoms with van der Waals surface area (Å²) in [7, 11) is 0. The number of hydrogen-bond donors (Lipinski definition) is 4. The Morgan fingerprint density at radius 3 is 2.52 bits per heavy atom. The fraction of sp³-hybridized carbons (Fsp3) is 0.429. The topological polar surface area (TPSA) is 131 Å². The van der Waals surface area contributed by atoms with Gasteiger partial charge in [0.05, 0.1) is 22.0 Å². The van der Waals surface area contributed by atoms with Crippen LogP contribution in [0.5, 0.6) is 0 Å². The Labute approximate surface area is 186 Å². The maximum Gasteiger partial charge on any atom is 0.337 e. The van der Waals surface area contributed by atoms with Crippen LogP contribution >= 0.6 is 11.6 Å². The van der Waals surface area contributed by atoms with Crippen LogP contribution in [0.4, 0.5) is 17.5 Å². The van der Waals surface area contributed by atoms with Gasteiger partial charge in [-0.1, -0.05) is 25.4 Å². The van der Waals surface area contributed by atoms with Crippen molar-refractivity contribution >= 4 is 35.0 Å². The van der Waals surface area contributed by atoms with Crippen molar-refractivity contribution in [1.29, 1.82) is 0 Å². The van der Waals surface area contributed by atoms with Crippen LogP contribution < -0.4 is 16.4 Å². The van der Waals surface area contributed by atoms with Crippen LogP contribution in [0, 0.1) is 0 Å². The summed E-state index contributed by atoms with van der Waals surface area (Å²) in [5, 5.41) is 24.9. The Kier molecular flexibility index (Phi) is 6.66. The molecule has 5 N–H and O–H groups in total. The number of carboxylic acid groups (broad SMARTS) is 1. The van der Waals surface area contributed by atoms with E-state index in [1.165, 1.54) is 12.1 Å². The van der Waals surface area contributed by atoms with E-state index in [-0.39, 0.29) is 28.6 Å². The molecule has 31 heavy (non-hydrogen) atoms. The molecule has 1 atom stereocenters. The van der Waals surface area contributed by atoms with Crippen molar-refractivity contribution < 1.29 is 9.90 Å². The van der Waals surface area contributed by atoms with Crippen molar-refractivity contribution in [1.82, 2.24) is 19.7 Å². The van der Waals surface area contributed by atoms with E-state index in [9.17, 15) is 9.90 Å². The number of rotatable bonds is 8. The molecule has 9 nitrogen and oxygen atoms in total. The second-order valence-electron chi connectivity index (χ2n) is 8.17. The second kappa shape index (κ2) is 9.07. The maximum atomic E-state index is 11.5. The normalized spacial score (nSPS) is 12.5. The number of hydrogen-bond acceptors (Lipinski definition) is 7. The summed E-state index contributed by atoms with van der Waals surface area (Å²) in [5.41, 5.74) is 8.83. The van der Waals surface area contributed by atoms with Gasteiger partial charge in [-0.3, -0.25) is 0 Å². The zero-order valence-corrected chi connectivity index (χ0v) is 19.0. The van der Waals surface area contributed by atoms with E-state index >= 15 is 0 Å². The van der Waals surface area contributed by atoms with Crippen LogP contribution in [0.3, 0.4) is 0 Å². The van der Waals surface area contributed by atoms with E-state index in [1.54, 1.807) is 6.07 Å². The summed E-state index contributed by atoms with van der Waals surface area (Å²) in [5.74, 6) is 0.149. The molecule has 2 heterocycles. The summed E-state index contributed by atoms with van der Waals surface area (Å²) in [6.07, 6.45) is 0. The molecular weight excluding hydrogens is 418 g/mol. The molecule has 2 aliphatic rings. The summed E-state index contributed by atoms with van der Waals surface area (Å²) < 4.78 is 2.07. The second-order valence-corrected chi connectivity index (χ2v) is 8.58. The number of aromatic carboxylic acids is 1. The van der Waals surface area contributed by atoms with Gasteiger partial charge in [0.2, 0.25) is 5.95 Å². The molecule has 0 spiro atoms. The third-order valence-electron chi connectivity index (χ3n) is 4.74. The Morgan fingerprint density at radius 2 is 1.94 bits per heavy atom. The third kappa shape index (κ3) is 4.72. The van der Waals surface area contributed by atoms with Crippen molar-refractivity contribution in [3.63, 3.8) is 0 Å². The van der Waals surface area contributed by atoms with E-state index in [2.05, 4.69) is 53.1 Å². The highest BCUT2D eigenvalue weighted by Crippen LogP contribution is 2.38. The largest absolute Gasteiger partial charge is 0.478 e.